The maximum Gasteiger partial charge on any atom is 0.469 e. The highest BCUT2D eigenvalue weighted by Crippen LogP contribution is 2.35. The Bertz CT molecular complexity index is 374. The average Bonchev–Trinajstić information content (AvgIpc) is 2.35. The van der Waals surface area contributed by atoms with E-state index in [-0.39, 0.29) is 13.2 Å². The minimum absolute atomic E-state index is 0.0413. The molecule has 0 aliphatic rings. The Balaban J connectivity index is 4.34. The number of hydrogen-bond donors (Lipinski definition) is 2. The van der Waals surface area contributed by atoms with Crippen LogP contribution < -0.4 is 0 Å². The van der Waals surface area contributed by atoms with E-state index in [0.717, 1.165) is 13.1 Å². The Morgan fingerprint density at radius 2 is 1.70 bits per heavy atom. The summed E-state index contributed by atoms with van der Waals surface area (Å²) in [4.78, 5) is 28.6. The lowest BCUT2D eigenvalue weighted by atomic mass is 10.3. The summed E-state index contributed by atoms with van der Waals surface area (Å²) in [5.41, 5.74) is 0.348. The zero-order valence-corrected chi connectivity index (χ0v) is 13.3. The molecule has 0 aromatic heterocycles. The predicted molar refractivity (Wildman–Crippen MR) is 74.8 cm³/mol. The highest BCUT2D eigenvalue weighted by atomic mass is 31.2. The first kappa shape index (κ1) is 19.3. The summed E-state index contributed by atoms with van der Waals surface area (Å²) in [7, 11) is -4.43. The number of phosphoric ester groups is 1. The fraction of sp³-hybridized carbons (Fsp3) is 0.750. The van der Waals surface area contributed by atoms with E-state index in [4.69, 9.17) is 14.5 Å². The van der Waals surface area contributed by atoms with Crippen molar-refractivity contribution in [2.75, 3.05) is 39.4 Å². The lowest BCUT2D eigenvalue weighted by molar-refractivity contribution is -0.925. The van der Waals surface area contributed by atoms with E-state index in [2.05, 4.69) is 11.1 Å². The summed E-state index contributed by atoms with van der Waals surface area (Å²) in [5.74, 6) is -0.429. The maximum atomic E-state index is 11.3. The number of nitrogens with zero attached hydrogens (tertiary/aromatic N) is 1. The second-order valence-corrected chi connectivity index (χ2v) is 5.90. The molecule has 0 aromatic carbocycles. The SMILES string of the molecule is C=C(C)C(=O)OCC[N+](CC)(CC)CCOP(=O)(O)O. The normalized spacial score (nSPS) is 12.2. The Morgan fingerprint density at radius 3 is 2.10 bits per heavy atom. The van der Waals surface area contributed by atoms with Gasteiger partial charge in [0, 0.05) is 5.57 Å². The standard InChI is InChI=1S/C12H24NO6P/c1-5-13(6-2,8-10-19-20(15,16)17)7-9-18-12(14)11(3)4/h3,5-10H2,1-2,4H3,(H-,15,16,17)/p+1. The molecule has 7 nitrogen and oxygen atoms in total. The molecule has 0 amide bonds. The van der Waals surface area contributed by atoms with Crippen LogP contribution in [0, 0.1) is 0 Å². The van der Waals surface area contributed by atoms with Gasteiger partial charge in [-0.25, -0.2) is 9.36 Å². The van der Waals surface area contributed by atoms with Gasteiger partial charge < -0.3 is 19.0 Å². The van der Waals surface area contributed by atoms with Gasteiger partial charge in [0.05, 0.1) is 13.1 Å². The van der Waals surface area contributed by atoms with Gasteiger partial charge >= 0.3 is 13.8 Å². The van der Waals surface area contributed by atoms with E-state index in [1.807, 2.05) is 13.8 Å². The van der Waals surface area contributed by atoms with E-state index in [0.29, 0.717) is 23.1 Å². The molecule has 0 saturated carbocycles. The van der Waals surface area contributed by atoms with Gasteiger partial charge in [0.25, 0.3) is 0 Å². The van der Waals surface area contributed by atoms with Gasteiger partial charge in [0.2, 0.25) is 0 Å². The molecular weight excluding hydrogens is 285 g/mol. The number of esters is 1. The molecule has 118 valence electrons. The monoisotopic (exact) mass is 310 g/mol. The number of hydrogen-bond acceptors (Lipinski definition) is 4. The van der Waals surface area contributed by atoms with Crippen LogP contribution in [0.3, 0.4) is 0 Å². The maximum absolute atomic E-state index is 11.3. The zero-order valence-electron chi connectivity index (χ0n) is 12.4. The van der Waals surface area contributed by atoms with Crippen LogP contribution in [0.5, 0.6) is 0 Å². The number of carbonyl (C=O) groups is 1. The van der Waals surface area contributed by atoms with Crippen LogP contribution in [0.15, 0.2) is 12.2 Å². The summed E-state index contributed by atoms with van der Waals surface area (Å²) >= 11 is 0. The van der Waals surface area contributed by atoms with Crippen LogP contribution in [-0.4, -0.2) is 59.6 Å². The molecule has 0 rings (SSSR count). The third-order valence-corrected chi connectivity index (χ3v) is 3.83. The van der Waals surface area contributed by atoms with Crippen LogP contribution >= 0.6 is 7.82 Å². The van der Waals surface area contributed by atoms with Gasteiger partial charge in [0.15, 0.2) is 0 Å². The number of carbonyl (C=O) groups excluding carboxylic acids is 1. The minimum atomic E-state index is -4.43. The molecule has 8 heteroatoms. The van der Waals surface area contributed by atoms with E-state index in [1.165, 1.54) is 0 Å². The molecule has 0 fully saturated rings. The molecule has 0 unspecified atom stereocenters. The molecular formula is C12H25NO6P+. The highest BCUT2D eigenvalue weighted by Gasteiger charge is 2.25. The van der Waals surface area contributed by atoms with Crippen molar-refractivity contribution in [2.45, 2.75) is 20.8 Å². The minimum Gasteiger partial charge on any atom is -0.456 e. The highest BCUT2D eigenvalue weighted by molar-refractivity contribution is 7.46. The van der Waals surface area contributed by atoms with Crippen LogP contribution in [0.1, 0.15) is 20.8 Å². The molecule has 0 aliphatic carbocycles. The molecule has 0 heterocycles. The summed E-state index contributed by atoms with van der Waals surface area (Å²) in [6.45, 7) is 11.8. The fourth-order valence-corrected chi connectivity index (χ4v) is 2.10. The first-order chi connectivity index (χ1) is 9.16. The van der Waals surface area contributed by atoms with Gasteiger partial charge in [-0.3, -0.25) is 4.52 Å². The van der Waals surface area contributed by atoms with Crippen molar-refractivity contribution < 1.29 is 32.9 Å². The zero-order chi connectivity index (χ0) is 15.8. The number of phosphoric acid groups is 1. The molecule has 20 heavy (non-hydrogen) atoms. The molecule has 0 atom stereocenters. The van der Waals surface area contributed by atoms with E-state index in [9.17, 15) is 9.36 Å². The molecule has 0 saturated heterocycles. The van der Waals surface area contributed by atoms with E-state index >= 15 is 0 Å². The van der Waals surface area contributed by atoms with E-state index in [1.54, 1.807) is 6.92 Å². The number of likely N-dealkylation sites (N-methyl/N-ethyl adjacent to an activating group) is 1. The van der Waals surface area contributed by atoms with Crippen molar-refractivity contribution in [1.29, 1.82) is 0 Å². The van der Waals surface area contributed by atoms with Crippen molar-refractivity contribution in [3.63, 3.8) is 0 Å². The van der Waals surface area contributed by atoms with Crippen LogP contribution in [0.25, 0.3) is 0 Å². The molecule has 0 radical (unpaired) electrons. The quantitative estimate of drug-likeness (QED) is 0.271. The van der Waals surface area contributed by atoms with Gasteiger partial charge in [-0.15, -0.1) is 0 Å². The molecule has 2 N–H and O–H groups in total. The van der Waals surface area contributed by atoms with Crippen LogP contribution in [-0.2, 0) is 18.6 Å². The Kier molecular flexibility index (Phi) is 8.23. The summed E-state index contributed by atoms with van der Waals surface area (Å²) in [5, 5.41) is 0. The van der Waals surface area contributed by atoms with Crippen molar-refractivity contribution in [1.82, 2.24) is 0 Å². The van der Waals surface area contributed by atoms with Crippen LogP contribution in [0.2, 0.25) is 0 Å². The average molecular weight is 310 g/mol. The second kappa shape index (κ2) is 8.54. The number of ether oxygens (including phenoxy) is 1. The summed E-state index contributed by atoms with van der Waals surface area (Å²) in [6.07, 6.45) is 0. The van der Waals surface area contributed by atoms with Crippen molar-refractivity contribution >= 4 is 13.8 Å². The van der Waals surface area contributed by atoms with Crippen LogP contribution in [0.4, 0.5) is 0 Å². The summed E-state index contributed by atoms with van der Waals surface area (Å²) < 4.78 is 20.8. The Labute approximate surface area is 120 Å². The van der Waals surface area contributed by atoms with E-state index < -0.39 is 13.8 Å². The topological polar surface area (TPSA) is 93.1 Å². The van der Waals surface area contributed by atoms with Gasteiger partial charge in [0.1, 0.15) is 26.3 Å². The number of rotatable bonds is 10. The van der Waals surface area contributed by atoms with Gasteiger partial charge in [-0.2, -0.15) is 0 Å². The summed E-state index contributed by atoms with van der Waals surface area (Å²) in [6, 6.07) is 0. The second-order valence-electron chi connectivity index (χ2n) is 4.66. The number of quaternary nitrogens is 1. The lowest BCUT2D eigenvalue weighted by Gasteiger charge is -2.36. The van der Waals surface area contributed by atoms with Crippen molar-refractivity contribution in [3.8, 4) is 0 Å². The largest absolute Gasteiger partial charge is 0.469 e. The smallest absolute Gasteiger partial charge is 0.456 e. The third kappa shape index (κ3) is 7.77. The van der Waals surface area contributed by atoms with Crippen molar-refractivity contribution in [2.24, 2.45) is 0 Å². The molecule has 0 aliphatic heterocycles. The fourth-order valence-electron chi connectivity index (χ4n) is 1.78. The lowest BCUT2D eigenvalue weighted by Crippen LogP contribution is -2.51. The first-order valence-corrected chi connectivity index (χ1v) is 8.06. The molecule has 0 spiro atoms. The first-order valence-electron chi connectivity index (χ1n) is 6.53. The van der Waals surface area contributed by atoms with Crippen molar-refractivity contribution in [3.05, 3.63) is 12.2 Å². The predicted octanol–water partition coefficient (Wildman–Crippen LogP) is 1.07. The Hall–Kier alpha value is -0.720. The van der Waals surface area contributed by atoms with Gasteiger partial charge in [-0.1, -0.05) is 6.58 Å². The third-order valence-electron chi connectivity index (χ3n) is 3.31. The van der Waals surface area contributed by atoms with Gasteiger partial charge in [-0.05, 0) is 20.8 Å². The molecule has 0 bridgehead atoms. The molecule has 0 aromatic rings. The Morgan fingerprint density at radius 1 is 1.20 bits per heavy atom.